The van der Waals surface area contributed by atoms with Gasteiger partial charge in [0.15, 0.2) is 6.23 Å². The van der Waals surface area contributed by atoms with Crippen molar-refractivity contribution in [3.05, 3.63) is 87.0 Å². The number of hydrogen-bond donors (Lipinski definition) is 6. The molecule has 6 atom stereocenters. The van der Waals surface area contributed by atoms with E-state index in [4.69, 9.17) is 14.5 Å². The number of aliphatic hydroxyl groups is 2. The zero-order valence-electron chi connectivity index (χ0n) is 22.0. The Morgan fingerprint density at radius 1 is 0.907 bits per heavy atom. The SMILES string of the molecule is Cc1ccc(-c2ccnc(Cn3c(=O)ccn([C@@H]4O[C@H](COP(=O)(O)OP(=O)(O)OP(=O)(O)O)C(O)[C@@H]4O)c3=O)c2)cc1. The number of aromatic nitrogens is 3. The summed E-state index contributed by atoms with van der Waals surface area (Å²) in [6, 6.07) is 12.1. The van der Waals surface area contributed by atoms with Gasteiger partial charge in [-0.3, -0.25) is 23.4 Å². The zero-order chi connectivity index (χ0) is 31.7. The molecule has 234 valence electrons. The van der Waals surface area contributed by atoms with Gasteiger partial charge in [-0.15, -0.1) is 0 Å². The number of rotatable bonds is 11. The van der Waals surface area contributed by atoms with Gasteiger partial charge in [0.05, 0.1) is 18.8 Å². The van der Waals surface area contributed by atoms with Crippen LogP contribution in [0.5, 0.6) is 0 Å². The van der Waals surface area contributed by atoms with Crippen molar-refractivity contribution in [3.8, 4) is 11.1 Å². The summed E-state index contributed by atoms with van der Waals surface area (Å²) < 4.78 is 52.9. The average molecular weight is 665 g/mol. The second-order valence-corrected chi connectivity index (χ2v) is 13.7. The first-order chi connectivity index (χ1) is 19.9. The molecule has 6 N–H and O–H groups in total. The molecule has 2 aromatic heterocycles. The fourth-order valence-electron chi connectivity index (χ4n) is 4.09. The molecule has 3 unspecified atom stereocenters. The molecule has 21 heteroatoms. The van der Waals surface area contributed by atoms with Gasteiger partial charge in [-0.05, 0) is 30.2 Å². The Labute approximate surface area is 241 Å². The predicted molar refractivity (Wildman–Crippen MR) is 144 cm³/mol. The van der Waals surface area contributed by atoms with Crippen LogP contribution in [0.3, 0.4) is 0 Å². The van der Waals surface area contributed by atoms with Crippen molar-refractivity contribution in [2.75, 3.05) is 6.61 Å². The molecule has 1 aromatic carbocycles. The fraction of sp³-hybridized carbons (Fsp3) is 0.318. The lowest BCUT2D eigenvalue weighted by Crippen LogP contribution is -2.43. The molecular weight excluding hydrogens is 639 g/mol. The molecule has 3 heterocycles. The maximum Gasteiger partial charge on any atom is 0.490 e. The molecule has 0 spiro atoms. The topological polar surface area (TPSA) is 266 Å². The molecule has 0 aliphatic carbocycles. The molecule has 0 bridgehead atoms. The van der Waals surface area contributed by atoms with Gasteiger partial charge in [0.25, 0.3) is 5.56 Å². The minimum absolute atomic E-state index is 0.265. The van der Waals surface area contributed by atoms with E-state index >= 15 is 0 Å². The van der Waals surface area contributed by atoms with Crippen LogP contribution in [0.25, 0.3) is 11.1 Å². The maximum atomic E-state index is 13.3. The molecule has 0 amide bonds. The van der Waals surface area contributed by atoms with E-state index in [1.165, 1.54) is 6.20 Å². The van der Waals surface area contributed by atoms with E-state index in [0.717, 1.165) is 38.1 Å². The summed E-state index contributed by atoms with van der Waals surface area (Å²) in [6.45, 7) is 0.596. The number of pyridine rings is 1. The van der Waals surface area contributed by atoms with E-state index in [9.17, 15) is 43.3 Å². The van der Waals surface area contributed by atoms with Crippen molar-refractivity contribution >= 4 is 23.5 Å². The quantitative estimate of drug-likeness (QED) is 0.151. The summed E-state index contributed by atoms with van der Waals surface area (Å²) in [5, 5.41) is 20.9. The minimum atomic E-state index is -5.79. The first kappa shape index (κ1) is 33.2. The van der Waals surface area contributed by atoms with Crippen LogP contribution >= 0.6 is 23.5 Å². The van der Waals surface area contributed by atoms with E-state index in [1.807, 2.05) is 31.2 Å². The van der Waals surface area contributed by atoms with Gasteiger partial charge in [0, 0.05) is 18.5 Å². The lowest BCUT2D eigenvalue weighted by Gasteiger charge is -2.19. The summed E-state index contributed by atoms with van der Waals surface area (Å²) in [5.74, 6) is 0. The number of aryl methyl sites for hydroxylation is 1. The van der Waals surface area contributed by atoms with Crippen LogP contribution < -0.4 is 11.2 Å². The third kappa shape index (κ3) is 8.50. The van der Waals surface area contributed by atoms with Gasteiger partial charge in [-0.2, -0.15) is 8.62 Å². The maximum absolute atomic E-state index is 13.3. The van der Waals surface area contributed by atoms with Crippen LogP contribution in [0, 0.1) is 6.92 Å². The van der Waals surface area contributed by atoms with E-state index in [2.05, 4.69) is 18.1 Å². The van der Waals surface area contributed by atoms with Gasteiger partial charge in [0.2, 0.25) is 0 Å². The molecule has 3 aromatic rings. The number of ether oxygens (including phenoxy) is 1. The Bertz CT molecular complexity index is 1740. The first-order valence-corrected chi connectivity index (χ1v) is 16.6. The van der Waals surface area contributed by atoms with Crippen molar-refractivity contribution in [3.63, 3.8) is 0 Å². The monoisotopic (exact) mass is 665 g/mol. The van der Waals surface area contributed by atoms with E-state index in [0.29, 0.717) is 5.69 Å². The molecule has 4 rings (SSSR count). The summed E-state index contributed by atoms with van der Waals surface area (Å²) in [7, 11) is -17.0. The van der Waals surface area contributed by atoms with Crippen molar-refractivity contribution in [2.45, 2.75) is 38.0 Å². The molecule has 0 radical (unpaired) electrons. The van der Waals surface area contributed by atoms with Crippen LogP contribution in [0.2, 0.25) is 0 Å². The predicted octanol–water partition coefficient (Wildman–Crippen LogP) is 0.391. The second-order valence-electron chi connectivity index (χ2n) is 9.26. The normalized spacial score (nSPS) is 23.5. The Morgan fingerprint density at radius 3 is 2.23 bits per heavy atom. The van der Waals surface area contributed by atoms with Gasteiger partial charge < -0.3 is 34.5 Å². The number of phosphoric ester groups is 1. The Morgan fingerprint density at radius 2 is 1.58 bits per heavy atom. The summed E-state index contributed by atoms with van der Waals surface area (Å²) in [6.07, 6.45) is -4.43. The highest BCUT2D eigenvalue weighted by atomic mass is 31.3. The molecule has 0 saturated carbocycles. The summed E-state index contributed by atoms with van der Waals surface area (Å²) >= 11 is 0. The summed E-state index contributed by atoms with van der Waals surface area (Å²) in [5.41, 5.74) is 1.42. The highest BCUT2D eigenvalue weighted by Gasteiger charge is 2.47. The third-order valence-corrected chi connectivity index (χ3v) is 9.85. The number of benzene rings is 1. The number of phosphoric acid groups is 3. The van der Waals surface area contributed by atoms with Gasteiger partial charge >= 0.3 is 29.2 Å². The lowest BCUT2D eigenvalue weighted by atomic mass is 10.0. The van der Waals surface area contributed by atoms with Crippen LogP contribution in [-0.2, 0) is 38.1 Å². The van der Waals surface area contributed by atoms with E-state index in [1.54, 1.807) is 12.1 Å². The van der Waals surface area contributed by atoms with Crippen molar-refractivity contribution < 1.29 is 61.4 Å². The standard InChI is InChI=1S/C22H26N3O15P3/c1-13-2-4-14(5-3-13)15-6-8-23-16(10-15)11-25-18(26)7-9-24(22(25)29)21-20(28)19(27)17(38-21)12-37-42(33,34)40-43(35,36)39-41(30,31)32/h2-10,17,19-21,27-28H,11-12H2,1H3,(H,33,34)(H,35,36)(H2,30,31,32)/t17-,19?,20+,21-/m1/s1. The Balaban J connectivity index is 1.50. The molecule has 43 heavy (non-hydrogen) atoms. The highest BCUT2D eigenvalue weighted by Crippen LogP contribution is 2.66. The molecule has 1 aliphatic heterocycles. The Hall–Kier alpha value is -2.66. The highest BCUT2D eigenvalue weighted by molar-refractivity contribution is 7.66. The van der Waals surface area contributed by atoms with Crippen molar-refractivity contribution in [2.24, 2.45) is 0 Å². The largest absolute Gasteiger partial charge is 0.490 e. The van der Waals surface area contributed by atoms with Crippen molar-refractivity contribution in [1.82, 2.24) is 14.1 Å². The number of aliphatic hydroxyl groups excluding tert-OH is 2. The summed E-state index contributed by atoms with van der Waals surface area (Å²) in [4.78, 5) is 66.2. The third-order valence-electron chi connectivity index (χ3n) is 6.05. The van der Waals surface area contributed by atoms with E-state index < -0.39 is 65.9 Å². The number of hydrogen-bond acceptors (Lipinski definition) is 12. The van der Waals surface area contributed by atoms with Crippen LogP contribution in [0.4, 0.5) is 0 Å². The molecule has 18 nitrogen and oxygen atoms in total. The van der Waals surface area contributed by atoms with Crippen LogP contribution in [0.1, 0.15) is 17.5 Å². The minimum Gasteiger partial charge on any atom is -0.387 e. The lowest BCUT2D eigenvalue weighted by molar-refractivity contribution is -0.0547. The van der Waals surface area contributed by atoms with Crippen molar-refractivity contribution in [1.29, 1.82) is 0 Å². The molecule has 1 saturated heterocycles. The zero-order valence-corrected chi connectivity index (χ0v) is 24.6. The number of nitrogens with zero attached hydrogens (tertiary/aromatic N) is 3. The van der Waals surface area contributed by atoms with Crippen LogP contribution in [-0.4, -0.2) is 68.8 Å². The smallest absolute Gasteiger partial charge is 0.387 e. The first-order valence-electron chi connectivity index (χ1n) is 12.1. The van der Waals surface area contributed by atoms with Gasteiger partial charge in [-0.1, -0.05) is 29.8 Å². The average Bonchev–Trinajstić information content (AvgIpc) is 3.17. The Kier molecular flexibility index (Phi) is 9.86. The van der Waals surface area contributed by atoms with Gasteiger partial charge in [0.1, 0.15) is 18.3 Å². The molecule has 1 aliphatic rings. The second kappa shape index (κ2) is 12.8. The fourth-order valence-corrected chi connectivity index (χ4v) is 7.12. The van der Waals surface area contributed by atoms with E-state index in [-0.39, 0.29) is 6.54 Å². The van der Waals surface area contributed by atoms with Crippen LogP contribution in [0.15, 0.2) is 64.4 Å². The van der Waals surface area contributed by atoms with Gasteiger partial charge in [-0.25, -0.2) is 18.5 Å². The molecular formula is C22H26N3O15P3. The molecule has 1 fully saturated rings.